The van der Waals surface area contributed by atoms with Gasteiger partial charge < -0.3 is 10.6 Å². The van der Waals surface area contributed by atoms with Gasteiger partial charge in [-0.3, -0.25) is 4.79 Å². The quantitative estimate of drug-likeness (QED) is 0.634. The predicted molar refractivity (Wildman–Crippen MR) is 51.4 cm³/mol. The lowest BCUT2D eigenvalue weighted by molar-refractivity contribution is -0.111. The van der Waals surface area contributed by atoms with E-state index in [2.05, 4.69) is 10.6 Å². The maximum Gasteiger partial charge on any atom is 0.207 e. The molecule has 2 aliphatic carbocycles. The molecule has 3 heteroatoms. The van der Waals surface area contributed by atoms with Gasteiger partial charge in [-0.25, -0.2) is 0 Å². The first-order valence-electron chi connectivity index (χ1n) is 5.15. The highest BCUT2D eigenvalue weighted by atomic mass is 16.1. The fraction of sp³-hybridized carbons (Fsp3) is 0.900. The normalized spacial score (nSPS) is 43.2. The van der Waals surface area contributed by atoms with E-state index in [0.29, 0.717) is 5.54 Å². The highest BCUT2D eigenvalue weighted by Crippen LogP contribution is 2.47. The largest absolute Gasteiger partial charge is 0.353 e. The predicted octanol–water partition coefficient (Wildman–Crippen LogP) is 0.797. The van der Waals surface area contributed by atoms with Crippen LogP contribution in [0, 0.1) is 0 Å². The van der Waals surface area contributed by atoms with Crippen LogP contribution >= 0.6 is 0 Å². The van der Waals surface area contributed by atoms with Gasteiger partial charge in [0.1, 0.15) is 0 Å². The first kappa shape index (κ1) is 9.00. The Morgan fingerprint density at radius 3 is 2.54 bits per heavy atom. The summed E-state index contributed by atoms with van der Waals surface area (Å²) in [6, 6.07) is 0. The van der Waals surface area contributed by atoms with E-state index in [1.54, 1.807) is 0 Å². The SMILES string of the molecule is CN[C@@]12CCC[C@@](NC=O)(CC1)C2. The molecule has 0 radical (unpaired) electrons. The molecular weight excluding hydrogens is 164 g/mol. The van der Waals surface area contributed by atoms with Crippen LogP contribution in [0.25, 0.3) is 0 Å². The fourth-order valence-corrected chi connectivity index (χ4v) is 3.15. The van der Waals surface area contributed by atoms with Crippen molar-refractivity contribution in [3.05, 3.63) is 0 Å². The van der Waals surface area contributed by atoms with E-state index in [1.807, 2.05) is 7.05 Å². The second-order valence-electron chi connectivity index (χ2n) is 4.60. The smallest absolute Gasteiger partial charge is 0.207 e. The minimum atomic E-state index is 0.128. The van der Waals surface area contributed by atoms with Crippen molar-refractivity contribution in [3.8, 4) is 0 Å². The molecule has 2 rings (SSSR count). The van der Waals surface area contributed by atoms with Crippen LogP contribution in [0.5, 0.6) is 0 Å². The fourth-order valence-electron chi connectivity index (χ4n) is 3.15. The van der Waals surface area contributed by atoms with Gasteiger partial charge in [-0.15, -0.1) is 0 Å². The summed E-state index contributed by atoms with van der Waals surface area (Å²) in [6.07, 6.45) is 8.02. The summed E-state index contributed by atoms with van der Waals surface area (Å²) in [5.41, 5.74) is 0.456. The van der Waals surface area contributed by atoms with E-state index < -0.39 is 0 Å². The Morgan fingerprint density at radius 1 is 1.15 bits per heavy atom. The van der Waals surface area contributed by atoms with E-state index in [1.165, 1.54) is 19.3 Å². The highest BCUT2D eigenvalue weighted by molar-refractivity contribution is 5.48. The number of hydrogen-bond donors (Lipinski definition) is 2. The molecule has 2 saturated carbocycles. The summed E-state index contributed by atoms with van der Waals surface area (Å²) in [4.78, 5) is 10.5. The molecule has 1 amide bonds. The summed E-state index contributed by atoms with van der Waals surface area (Å²) in [6.45, 7) is 0. The lowest BCUT2D eigenvalue weighted by Gasteiger charge is -2.39. The number of rotatable bonds is 3. The van der Waals surface area contributed by atoms with Crippen molar-refractivity contribution < 1.29 is 4.79 Å². The van der Waals surface area contributed by atoms with Gasteiger partial charge >= 0.3 is 0 Å². The molecule has 0 aromatic heterocycles. The van der Waals surface area contributed by atoms with Crippen LogP contribution in [0.15, 0.2) is 0 Å². The van der Waals surface area contributed by atoms with Gasteiger partial charge in [-0.2, -0.15) is 0 Å². The van der Waals surface area contributed by atoms with Crippen LogP contribution in [0.1, 0.15) is 38.5 Å². The van der Waals surface area contributed by atoms with Crippen molar-refractivity contribution in [1.82, 2.24) is 10.6 Å². The lowest BCUT2D eigenvalue weighted by atomic mass is 9.79. The summed E-state index contributed by atoms with van der Waals surface area (Å²) in [5, 5.41) is 6.46. The summed E-state index contributed by atoms with van der Waals surface area (Å²) >= 11 is 0. The average Bonchev–Trinajstić information content (AvgIpc) is 2.40. The molecule has 0 heterocycles. The Labute approximate surface area is 79.3 Å². The molecule has 3 nitrogen and oxygen atoms in total. The number of nitrogens with one attached hydrogen (secondary N) is 2. The van der Waals surface area contributed by atoms with Gasteiger partial charge in [0.2, 0.25) is 6.41 Å². The van der Waals surface area contributed by atoms with E-state index in [4.69, 9.17) is 0 Å². The van der Waals surface area contributed by atoms with Crippen molar-refractivity contribution in [2.24, 2.45) is 0 Å². The molecule has 74 valence electrons. The van der Waals surface area contributed by atoms with Gasteiger partial charge in [0.25, 0.3) is 0 Å². The van der Waals surface area contributed by atoms with Crippen molar-refractivity contribution in [3.63, 3.8) is 0 Å². The molecule has 0 unspecified atom stereocenters. The Morgan fingerprint density at radius 2 is 1.85 bits per heavy atom. The molecule has 0 saturated heterocycles. The van der Waals surface area contributed by atoms with Crippen LogP contribution in [0.4, 0.5) is 0 Å². The Kier molecular flexibility index (Phi) is 2.06. The van der Waals surface area contributed by atoms with Gasteiger partial charge in [0.15, 0.2) is 0 Å². The zero-order valence-electron chi connectivity index (χ0n) is 8.23. The van der Waals surface area contributed by atoms with Crippen LogP contribution in [-0.4, -0.2) is 24.5 Å². The molecule has 0 aliphatic heterocycles. The van der Waals surface area contributed by atoms with Crippen molar-refractivity contribution >= 4 is 6.41 Å². The van der Waals surface area contributed by atoms with Gasteiger partial charge in [0, 0.05) is 11.1 Å². The Hall–Kier alpha value is -0.570. The second kappa shape index (κ2) is 2.98. The molecule has 2 fully saturated rings. The number of fused-ring (bicyclic) bond motifs is 2. The highest BCUT2D eigenvalue weighted by Gasteiger charge is 2.49. The van der Waals surface area contributed by atoms with Crippen molar-refractivity contribution in [1.29, 1.82) is 0 Å². The number of amides is 1. The van der Waals surface area contributed by atoms with Crippen LogP contribution in [0.3, 0.4) is 0 Å². The molecule has 2 atom stereocenters. The number of hydrogen-bond acceptors (Lipinski definition) is 2. The molecule has 0 aromatic carbocycles. The third-order valence-corrected chi connectivity index (χ3v) is 3.96. The molecule has 2 aliphatic rings. The van der Waals surface area contributed by atoms with E-state index in [0.717, 1.165) is 25.7 Å². The monoisotopic (exact) mass is 182 g/mol. The van der Waals surface area contributed by atoms with Gasteiger partial charge in [-0.1, -0.05) is 0 Å². The number of carbonyl (C=O) groups is 1. The average molecular weight is 182 g/mol. The minimum absolute atomic E-state index is 0.128. The topological polar surface area (TPSA) is 41.1 Å². The van der Waals surface area contributed by atoms with Gasteiger partial charge in [0.05, 0.1) is 0 Å². The maximum absolute atomic E-state index is 10.5. The van der Waals surface area contributed by atoms with Crippen LogP contribution in [0.2, 0.25) is 0 Å². The van der Waals surface area contributed by atoms with E-state index in [9.17, 15) is 4.79 Å². The zero-order chi connectivity index (χ0) is 9.36. The molecule has 0 spiro atoms. The zero-order valence-corrected chi connectivity index (χ0v) is 8.23. The summed E-state index contributed by atoms with van der Waals surface area (Å²) in [5.74, 6) is 0. The second-order valence-corrected chi connectivity index (χ2v) is 4.60. The molecule has 13 heavy (non-hydrogen) atoms. The van der Waals surface area contributed by atoms with E-state index in [-0.39, 0.29) is 5.54 Å². The van der Waals surface area contributed by atoms with Crippen molar-refractivity contribution in [2.75, 3.05) is 7.05 Å². The molecular formula is C10H18N2O. The minimum Gasteiger partial charge on any atom is -0.353 e. The summed E-state index contributed by atoms with van der Waals surface area (Å²) in [7, 11) is 2.04. The van der Waals surface area contributed by atoms with Crippen LogP contribution in [-0.2, 0) is 4.79 Å². The van der Waals surface area contributed by atoms with Crippen LogP contribution < -0.4 is 10.6 Å². The van der Waals surface area contributed by atoms with Crippen molar-refractivity contribution in [2.45, 2.75) is 49.6 Å². The Bertz CT molecular complexity index is 219. The summed E-state index contributed by atoms with van der Waals surface area (Å²) < 4.78 is 0. The molecule has 0 aromatic rings. The third kappa shape index (κ3) is 1.35. The standard InChI is InChI=1S/C10H18N2O/c1-11-9-3-2-4-10(7-9,6-5-9)12-8-13/h8,11H,2-7H2,1H3,(H,12,13)/t9-,10+/m0/s1. The number of carbonyl (C=O) groups excluding carboxylic acids is 1. The first-order valence-corrected chi connectivity index (χ1v) is 5.15. The first-order chi connectivity index (χ1) is 6.24. The van der Waals surface area contributed by atoms with E-state index >= 15 is 0 Å². The molecule has 2 N–H and O–H groups in total. The Balaban J connectivity index is 2.13. The molecule has 2 bridgehead atoms. The lowest BCUT2D eigenvalue weighted by Crippen LogP contribution is -2.51. The maximum atomic E-state index is 10.5. The third-order valence-electron chi connectivity index (χ3n) is 3.96. The van der Waals surface area contributed by atoms with Gasteiger partial charge in [-0.05, 0) is 45.6 Å².